The molecule has 0 bridgehead atoms. The van der Waals surface area contributed by atoms with Crippen LogP contribution in [0.25, 0.3) is 0 Å². The molecule has 0 saturated carbocycles. The van der Waals surface area contributed by atoms with Crippen molar-refractivity contribution in [3.8, 4) is 0 Å². The van der Waals surface area contributed by atoms with Gasteiger partial charge in [0.1, 0.15) is 11.9 Å². The Morgan fingerprint density at radius 2 is 2.21 bits per heavy atom. The van der Waals surface area contributed by atoms with Crippen molar-refractivity contribution in [2.45, 2.75) is 26.0 Å². The topological polar surface area (TPSA) is 73.1 Å². The van der Waals surface area contributed by atoms with Crippen LogP contribution in [0.4, 0.5) is 0 Å². The summed E-state index contributed by atoms with van der Waals surface area (Å²) in [6.07, 6.45) is 0.146. The molecule has 1 aromatic heterocycles. The molecule has 1 aliphatic heterocycles. The Balaban J connectivity index is 1.61. The number of aromatic nitrogens is 4. The summed E-state index contributed by atoms with van der Waals surface area (Å²) < 4.78 is 7.40. The predicted octanol–water partition coefficient (Wildman–Crippen LogP) is 2.28. The monoisotopic (exact) mass is 369 g/mol. The van der Waals surface area contributed by atoms with E-state index in [0.29, 0.717) is 48.5 Å². The number of hydrogen-bond donors (Lipinski definition) is 0. The van der Waals surface area contributed by atoms with Gasteiger partial charge in [-0.05, 0) is 35.0 Å². The smallest absolute Gasteiger partial charge is 0.224 e. The summed E-state index contributed by atoms with van der Waals surface area (Å²) in [6, 6.07) is 5.40. The Kier molecular flexibility index (Phi) is 5.33. The molecule has 1 aliphatic rings. The number of ether oxygens (including phenoxy) is 1. The van der Waals surface area contributed by atoms with Crippen molar-refractivity contribution in [1.82, 2.24) is 25.1 Å². The quantitative estimate of drug-likeness (QED) is 0.826. The third-order valence-corrected chi connectivity index (χ3v) is 4.72. The van der Waals surface area contributed by atoms with Gasteiger partial charge in [-0.25, -0.2) is 4.68 Å². The second kappa shape index (κ2) is 7.46. The molecule has 0 spiro atoms. The molecule has 3 rings (SSSR count). The van der Waals surface area contributed by atoms with Gasteiger partial charge < -0.3 is 9.64 Å². The van der Waals surface area contributed by atoms with Gasteiger partial charge in [-0.3, -0.25) is 4.79 Å². The van der Waals surface area contributed by atoms with Gasteiger partial charge >= 0.3 is 0 Å². The summed E-state index contributed by atoms with van der Waals surface area (Å²) in [4.78, 5) is 14.2. The molecule has 1 amide bonds. The lowest BCUT2D eigenvalue weighted by atomic mass is 10.1. The molecule has 0 unspecified atom stereocenters. The molecular weight excluding hydrogens is 353 g/mol. The van der Waals surface area contributed by atoms with Crippen LogP contribution in [0.1, 0.15) is 23.9 Å². The van der Waals surface area contributed by atoms with Crippen LogP contribution in [-0.2, 0) is 16.1 Å². The molecule has 1 fully saturated rings. The van der Waals surface area contributed by atoms with Crippen molar-refractivity contribution in [2.75, 3.05) is 19.7 Å². The molecule has 0 aliphatic carbocycles. The minimum absolute atomic E-state index is 0.0539. The van der Waals surface area contributed by atoms with E-state index in [9.17, 15) is 4.79 Å². The SMILES string of the molecule is Cc1nnnn1CCC(=O)N1CCO[C@@H](c2ccc(Cl)c(Cl)c2)C1. The molecular formula is C15H17Cl2N5O2. The largest absolute Gasteiger partial charge is 0.370 e. The number of morpholine rings is 1. The number of nitrogens with zero attached hydrogens (tertiary/aromatic N) is 5. The maximum absolute atomic E-state index is 12.4. The molecule has 128 valence electrons. The summed E-state index contributed by atoms with van der Waals surface area (Å²) >= 11 is 12.0. The highest BCUT2D eigenvalue weighted by molar-refractivity contribution is 6.42. The lowest BCUT2D eigenvalue weighted by Gasteiger charge is -2.33. The van der Waals surface area contributed by atoms with Crippen LogP contribution in [-0.4, -0.2) is 50.7 Å². The van der Waals surface area contributed by atoms with Crippen LogP contribution >= 0.6 is 23.2 Å². The van der Waals surface area contributed by atoms with Crippen molar-refractivity contribution in [2.24, 2.45) is 0 Å². The molecule has 1 saturated heterocycles. The van der Waals surface area contributed by atoms with E-state index in [-0.39, 0.29) is 12.0 Å². The summed E-state index contributed by atoms with van der Waals surface area (Å²) in [5.74, 6) is 0.747. The summed E-state index contributed by atoms with van der Waals surface area (Å²) in [5.41, 5.74) is 0.915. The van der Waals surface area contributed by atoms with Crippen molar-refractivity contribution in [3.63, 3.8) is 0 Å². The minimum atomic E-state index is -0.202. The van der Waals surface area contributed by atoms with E-state index < -0.39 is 0 Å². The lowest BCUT2D eigenvalue weighted by molar-refractivity contribution is -0.139. The first-order chi connectivity index (χ1) is 11.5. The third kappa shape index (κ3) is 3.85. The number of halogens is 2. The number of carbonyl (C=O) groups excluding carboxylic acids is 1. The van der Waals surface area contributed by atoms with E-state index in [0.717, 1.165) is 5.56 Å². The molecule has 9 heteroatoms. The fraction of sp³-hybridized carbons (Fsp3) is 0.467. The van der Waals surface area contributed by atoms with Gasteiger partial charge in [-0.2, -0.15) is 0 Å². The van der Waals surface area contributed by atoms with Gasteiger partial charge in [0, 0.05) is 13.0 Å². The predicted molar refractivity (Wildman–Crippen MR) is 88.9 cm³/mol. The number of benzene rings is 1. The van der Waals surface area contributed by atoms with Gasteiger partial charge in [0.05, 0.1) is 29.7 Å². The Morgan fingerprint density at radius 3 is 2.92 bits per heavy atom. The maximum atomic E-state index is 12.4. The van der Waals surface area contributed by atoms with E-state index in [1.54, 1.807) is 28.6 Å². The third-order valence-electron chi connectivity index (χ3n) is 3.98. The first kappa shape index (κ1) is 17.1. The number of amides is 1. The zero-order valence-corrected chi connectivity index (χ0v) is 14.7. The van der Waals surface area contributed by atoms with E-state index >= 15 is 0 Å². The van der Waals surface area contributed by atoms with Crippen molar-refractivity contribution >= 4 is 29.1 Å². The maximum Gasteiger partial charge on any atom is 0.224 e. The van der Waals surface area contributed by atoms with Gasteiger partial charge in [0.25, 0.3) is 0 Å². The molecule has 1 atom stereocenters. The fourth-order valence-electron chi connectivity index (χ4n) is 2.61. The normalized spacial score (nSPS) is 18.0. The number of hydrogen-bond acceptors (Lipinski definition) is 5. The van der Waals surface area contributed by atoms with Gasteiger partial charge in [-0.15, -0.1) is 5.10 Å². The van der Waals surface area contributed by atoms with Crippen LogP contribution in [0.15, 0.2) is 18.2 Å². The summed E-state index contributed by atoms with van der Waals surface area (Å²) in [5, 5.41) is 12.2. The van der Waals surface area contributed by atoms with Crippen molar-refractivity contribution in [3.05, 3.63) is 39.6 Å². The average Bonchev–Trinajstić information content (AvgIpc) is 3.00. The number of rotatable bonds is 4. The average molecular weight is 370 g/mol. The van der Waals surface area contributed by atoms with E-state index in [1.165, 1.54) is 0 Å². The zero-order valence-electron chi connectivity index (χ0n) is 13.2. The number of carbonyl (C=O) groups is 1. The first-order valence-electron chi connectivity index (χ1n) is 7.61. The van der Waals surface area contributed by atoms with Crippen LogP contribution in [0.3, 0.4) is 0 Å². The van der Waals surface area contributed by atoms with Crippen molar-refractivity contribution in [1.29, 1.82) is 0 Å². The van der Waals surface area contributed by atoms with Crippen molar-refractivity contribution < 1.29 is 9.53 Å². The molecule has 7 nitrogen and oxygen atoms in total. The standard InChI is InChI=1S/C15H17Cl2N5O2/c1-10-18-19-20-22(10)5-4-15(23)21-6-7-24-14(9-21)11-2-3-12(16)13(17)8-11/h2-3,8,14H,4-7,9H2,1H3/t14-/m1/s1. The molecule has 0 radical (unpaired) electrons. The first-order valence-corrected chi connectivity index (χ1v) is 8.37. The molecule has 24 heavy (non-hydrogen) atoms. The zero-order chi connectivity index (χ0) is 17.1. The Bertz CT molecular complexity index is 736. The lowest BCUT2D eigenvalue weighted by Crippen LogP contribution is -2.42. The number of tetrazole rings is 1. The van der Waals surface area contributed by atoms with Crippen LogP contribution in [0.5, 0.6) is 0 Å². The Labute approximate surface area is 149 Å². The molecule has 0 N–H and O–H groups in total. The molecule has 2 heterocycles. The Hall–Kier alpha value is -1.70. The number of aryl methyl sites for hydroxylation is 2. The van der Waals surface area contributed by atoms with E-state index in [4.69, 9.17) is 27.9 Å². The minimum Gasteiger partial charge on any atom is -0.370 e. The second-order valence-corrected chi connectivity index (χ2v) is 6.39. The molecule has 1 aromatic carbocycles. The fourth-order valence-corrected chi connectivity index (χ4v) is 2.91. The van der Waals surface area contributed by atoms with Gasteiger partial charge in [-0.1, -0.05) is 29.3 Å². The summed E-state index contributed by atoms with van der Waals surface area (Å²) in [7, 11) is 0. The van der Waals surface area contributed by atoms with Crippen LogP contribution < -0.4 is 0 Å². The van der Waals surface area contributed by atoms with E-state index in [2.05, 4.69) is 15.5 Å². The Morgan fingerprint density at radius 1 is 1.38 bits per heavy atom. The van der Waals surface area contributed by atoms with E-state index in [1.807, 2.05) is 6.07 Å². The molecule has 2 aromatic rings. The second-order valence-electron chi connectivity index (χ2n) is 5.57. The summed E-state index contributed by atoms with van der Waals surface area (Å²) in [6.45, 7) is 3.82. The van der Waals surface area contributed by atoms with Crippen LogP contribution in [0.2, 0.25) is 10.0 Å². The highest BCUT2D eigenvalue weighted by Gasteiger charge is 2.25. The van der Waals surface area contributed by atoms with Crippen LogP contribution in [0, 0.1) is 6.92 Å². The van der Waals surface area contributed by atoms with Gasteiger partial charge in [0.15, 0.2) is 0 Å². The highest BCUT2D eigenvalue weighted by atomic mass is 35.5. The van der Waals surface area contributed by atoms with Gasteiger partial charge in [0.2, 0.25) is 5.91 Å². The highest BCUT2D eigenvalue weighted by Crippen LogP contribution is 2.29.